The smallest absolute Gasteiger partial charge is 0.311 e. The molecule has 1 aliphatic heterocycles. The maximum atomic E-state index is 12.0. The number of unbranched alkanes of at least 4 members (excludes halogenated alkanes) is 1. The molecule has 0 aliphatic carbocycles. The normalized spacial score (nSPS) is 17.6. The number of nitrogens with zero attached hydrogens (tertiary/aromatic N) is 2. The lowest BCUT2D eigenvalue weighted by Gasteiger charge is -2.19. The third-order valence-corrected chi connectivity index (χ3v) is 3.80. The topological polar surface area (TPSA) is 61.9 Å². The molecule has 1 fully saturated rings. The molecule has 0 bridgehead atoms. The summed E-state index contributed by atoms with van der Waals surface area (Å²) in [5, 5.41) is 2.92. The van der Waals surface area contributed by atoms with Crippen molar-refractivity contribution in [2.24, 2.45) is 5.92 Å². The van der Waals surface area contributed by atoms with Crippen LogP contribution in [0.1, 0.15) is 32.6 Å². The molecule has 0 aromatic rings. The standard InChI is InChI=1S/C17H29N3O3/c1-4-6-12-23-17(22)15-13-16(21)20(14-15)10-7-9-19(5-2)11-8-18-3/h5,8,11,15,18H,2,4,6-7,9-10,12-14H2,1,3H3/b11-8-. The van der Waals surface area contributed by atoms with Crippen molar-refractivity contribution < 1.29 is 14.3 Å². The Bertz CT molecular complexity index is 423. The monoisotopic (exact) mass is 323 g/mol. The first-order valence-corrected chi connectivity index (χ1v) is 8.29. The summed E-state index contributed by atoms with van der Waals surface area (Å²) in [5.74, 6) is -0.503. The molecule has 1 amide bonds. The van der Waals surface area contributed by atoms with Gasteiger partial charge in [0.2, 0.25) is 5.91 Å². The average Bonchev–Trinajstić information content (AvgIpc) is 2.92. The highest BCUT2D eigenvalue weighted by molar-refractivity contribution is 5.86. The van der Waals surface area contributed by atoms with Crippen molar-refractivity contribution in [3.63, 3.8) is 0 Å². The molecule has 1 rings (SSSR count). The number of esters is 1. The van der Waals surface area contributed by atoms with Gasteiger partial charge in [0.15, 0.2) is 0 Å². The Hall–Kier alpha value is -1.98. The van der Waals surface area contributed by atoms with Crippen molar-refractivity contribution in [3.8, 4) is 0 Å². The van der Waals surface area contributed by atoms with Crippen molar-refractivity contribution in [1.29, 1.82) is 0 Å². The number of carbonyl (C=O) groups excluding carboxylic acids is 2. The Balaban J connectivity index is 2.32. The fraction of sp³-hybridized carbons (Fsp3) is 0.647. The number of hydrogen-bond donors (Lipinski definition) is 1. The Morgan fingerprint density at radius 3 is 2.96 bits per heavy atom. The molecule has 0 saturated carbocycles. The van der Waals surface area contributed by atoms with Crippen LogP contribution in [0.4, 0.5) is 0 Å². The fourth-order valence-electron chi connectivity index (χ4n) is 2.42. The molecule has 0 aromatic carbocycles. The fourth-order valence-corrected chi connectivity index (χ4v) is 2.42. The quantitative estimate of drug-likeness (QED) is 0.463. The second-order valence-electron chi connectivity index (χ2n) is 5.64. The van der Waals surface area contributed by atoms with Gasteiger partial charge in [-0.1, -0.05) is 19.9 Å². The van der Waals surface area contributed by atoms with Gasteiger partial charge in [-0.25, -0.2) is 0 Å². The van der Waals surface area contributed by atoms with Gasteiger partial charge in [0.05, 0.1) is 12.5 Å². The van der Waals surface area contributed by atoms with Crippen LogP contribution in [-0.4, -0.2) is 55.0 Å². The van der Waals surface area contributed by atoms with E-state index in [1.165, 1.54) is 0 Å². The van der Waals surface area contributed by atoms with Crippen molar-refractivity contribution in [1.82, 2.24) is 15.1 Å². The van der Waals surface area contributed by atoms with Crippen molar-refractivity contribution in [3.05, 3.63) is 25.2 Å². The minimum atomic E-state index is -0.306. The van der Waals surface area contributed by atoms with E-state index >= 15 is 0 Å². The molecule has 1 saturated heterocycles. The predicted molar refractivity (Wildman–Crippen MR) is 90.3 cm³/mol. The Morgan fingerprint density at radius 1 is 1.52 bits per heavy atom. The summed E-state index contributed by atoms with van der Waals surface area (Å²) in [5.41, 5.74) is 0. The largest absolute Gasteiger partial charge is 0.465 e. The molecule has 1 atom stereocenters. The van der Waals surface area contributed by atoms with Crippen LogP contribution in [0, 0.1) is 5.92 Å². The number of amides is 1. The summed E-state index contributed by atoms with van der Waals surface area (Å²) in [7, 11) is 1.83. The Morgan fingerprint density at radius 2 is 2.30 bits per heavy atom. The van der Waals surface area contributed by atoms with Crippen molar-refractivity contribution in [2.75, 3.05) is 33.3 Å². The lowest BCUT2D eigenvalue weighted by atomic mass is 10.1. The van der Waals surface area contributed by atoms with E-state index in [1.807, 2.05) is 31.3 Å². The van der Waals surface area contributed by atoms with E-state index in [2.05, 4.69) is 11.9 Å². The number of rotatable bonds is 11. The van der Waals surface area contributed by atoms with Crippen LogP contribution in [0.3, 0.4) is 0 Å². The molecule has 1 N–H and O–H groups in total. The van der Waals surface area contributed by atoms with E-state index in [0.717, 1.165) is 25.8 Å². The van der Waals surface area contributed by atoms with E-state index in [9.17, 15) is 9.59 Å². The Labute approximate surface area is 139 Å². The Kier molecular flexibility index (Phi) is 8.87. The molecule has 0 spiro atoms. The molecule has 23 heavy (non-hydrogen) atoms. The number of ether oxygens (including phenoxy) is 1. The van der Waals surface area contributed by atoms with E-state index in [1.54, 1.807) is 11.1 Å². The van der Waals surface area contributed by atoms with Crippen LogP contribution in [0.2, 0.25) is 0 Å². The van der Waals surface area contributed by atoms with Gasteiger partial charge in [-0.15, -0.1) is 0 Å². The lowest BCUT2D eigenvalue weighted by Crippen LogP contribution is -2.29. The SMILES string of the molecule is C=CN(/C=C\NC)CCCN1CC(C(=O)OCCCC)CC1=O. The highest BCUT2D eigenvalue weighted by atomic mass is 16.5. The molecule has 6 nitrogen and oxygen atoms in total. The lowest BCUT2D eigenvalue weighted by molar-refractivity contribution is -0.148. The maximum Gasteiger partial charge on any atom is 0.311 e. The van der Waals surface area contributed by atoms with Gasteiger partial charge >= 0.3 is 5.97 Å². The highest BCUT2D eigenvalue weighted by Crippen LogP contribution is 2.19. The van der Waals surface area contributed by atoms with Gasteiger partial charge in [-0.3, -0.25) is 9.59 Å². The van der Waals surface area contributed by atoms with Gasteiger partial charge < -0.3 is 19.9 Å². The summed E-state index contributed by atoms with van der Waals surface area (Å²) in [6.07, 6.45) is 8.42. The summed E-state index contributed by atoms with van der Waals surface area (Å²) in [6, 6.07) is 0. The van der Waals surface area contributed by atoms with Crippen LogP contribution in [0.15, 0.2) is 25.2 Å². The molecular weight excluding hydrogens is 294 g/mol. The van der Waals surface area contributed by atoms with Gasteiger partial charge in [0.25, 0.3) is 0 Å². The second-order valence-corrected chi connectivity index (χ2v) is 5.64. The average molecular weight is 323 g/mol. The number of nitrogens with one attached hydrogen (secondary N) is 1. The van der Waals surface area contributed by atoms with Crippen molar-refractivity contribution in [2.45, 2.75) is 32.6 Å². The first-order valence-electron chi connectivity index (χ1n) is 8.29. The van der Waals surface area contributed by atoms with Crippen LogP contribution in [0.25, 0.3) is 0 Å². The summed E-state index contributed by atoms with van der Waals surface area (Å²) in [4.78, 5) is 27.6. The van der Waals surface area contributed by atoms with E-state index in [4.69, 9.17) is 4.74 Å². The second kappa shape index (κ2) is 10.7. The van der Waals surface area contributed by atoms with Gasteiger partial charge in [-0.2, -0.15) is 0 Å². The predicted octanol–water partition coefficient (Wildman–Crippen LogP) is 1.70. The van der Waals surface area contributed by atoms with E-state index < -0.39 is 0 Å². The zero-order valence-corrected chi connectivity index (χ0v) is 14.3. The minimum absolute atomic E-state index is 0.0401. The number of hydrogen-bond acceptors (Lipinski definition) is 5. The van der Waals surface area contributed by atoms with E-state index in [0.29, 0.717) is 19.7 Å². The van der Waals surface area contributed by atoms with Crippen LogP contribution >= 0.6 is 0 Å². The third kappa shape index (κ3) is 6.76. The maximum absolute atomic E-state index is 12.0. The summed E-state index contributed by atoms with van der Waals surface area (Å²) in [6.45, 7) is 8.15. The zero-order chi connectivity index (χ0) is 17.1. The number of carbonyl (C=O) groups is 2. The highest BCUT2D eigenvalue weighted by Gasteiger charge is 2.34. The van der Waals surface area contributed by atoms with Crippen LogP contribution in [-0.2, 0) is 14.3 Å². The third-order valence-electron chi connectivity index (χ3n) is 3.80. The zero-order valence-electron chi connectivity index (χ0n) is 14.3. The molecule has 0 aromatic heterocycles. The van der Waals surface area contributed by atoms with E-state index in [-0.39, 0.29) is 24.2 Å². The van der Waals surface area contributed by atoms with Crippen LogP contribution < -0.4 is 5.32 Å². The van der Waals surface area contributed by atoms with Gasteiger partial charge in [-0.05, 0) is 19.0 Å². The first kappa shape index (κ1) is 19.1. The molecule has 1 aliphatic rings. The van der Waals surface area contributed by atoms with Gasteiger partial charge in [0, 0.05) is 45.5 Å². The number of likely N-dealkylation sites (tertiary alicyclic amines) is 1. The first-order chi connectivity index (χ1) is 11.1. The molecule has 0 radical (unpaired) electrons. The van der Waals surface area contributed by atoms with Crippen LogP contribution in [0.5, 0.6) is 0 Å². The molecule has 1 unspecified atom stereocenters. The van der Waals surface area contributed by atoms with Gasteiger partial charge in [0.1, 0.15) is 0 Å². The molecule has 130 valence electrons. The minimum Gasteiger partial charge on any atom is -0.465 e. The summed E-state index contributed by atoms with van der Waals surface area (Å²) < 4.78 is 5.21. The molecule has 1 heterocycles. The molecule has 6 heteroatoms. The van der Waals surface area contributed by atoms with Crippen molar-refractivity contribution >= 4 is 11.9 Å². The molecular formula is C17H29N3O3. The summed E-state index contributed by atoms with van der Waals surface area (Å²) >= 11 is 0.